The summed E-state index contributed by atoms with van der Waals surface area (Å²) in [7, 11) is 0. The zero-order chi connectivity index (χ0) is 13.0. The molecule has 0 bridgehead atoms. The third-order valence-electron chi connectivity index (χ3n) is 2.66. The lowest BCUT2D eigenvalue weighted by Crippen LogP contribution is -1.91. The molecule has 2 aromatic carbocycles. The fourth-order valence-electron chi connectivity index (χ4n) is 1.72. The molecule has 0 fully saturated rings. The van der Waals surface area contributed by atoms with Gasteiger partial charge in [-0.25, -0.2) is 4.39 Å². The quantitative estimate of drug-likeness (QED) is 0.865. The Morgan fingerprint density at radius 3 is 2.33 bits per heavy atom. The Bertz CT molecular complexity index is 541. The first-order valence-electron chi connectivity index (χ1n) is 5.88. The normalized spacial score (nSPS) is 12.8. The molecule has 0 aliphatic carbocycles. The van der Waals surface area contributed by atoms with Crippen molar-refractivity contribution in [3.63, 3.8) is 0 Å². The van der Waals surface area contributed by atoms with Gasteiger partial charge in [-0.05, 0) is 24.1 Å². The zero-order valence-corrected chi connectivity index (χ0v) is 10.2. The van der Waals surface area contributed by atoms with Crippen LogP contribution in [0.3, 0.4) is 0 Å². The molecule has 92 valence electrons. The molecule has 0 saturated carbocycles. The number of halogens is 1. The van der Waals surface area contributed by atoms with Crippen molar-refractivity contribution in [2.45, 2.75) is 13.0 Å². The van der Waals surface area contributed by atoms with Gasteiger partial charge in [-0.15, -0.1) is 0 Å². The standard InChI is InChI=1S/C16H15FO/c1-12(18)6-7-13-8-10-14(11-9-13)15-4-2-3-5-16(15)17/h2-12,18H,1H3/b7-6+. The van der Waals surface area contributed by atoms with Gasteiger partial charge < -0.3 is 5.11 Å². The molecule has 0 aliphatic heterocycles. The molecule has 0 heterocycles. The second kappa shape index (κ2) is 5.61. The molecule has 2 heteroatoms. The highest BCUT2D eigenvalue weighted by Crippen LogP contribution is 2.22. The summed E-state index contributed by atoms with van der Waals surface area (Å²) in [5.41, 5.74) is 2.43. The number of rotatable bonds is 3. The van der Waals surface area contributed by atoms with Crippen LogP contribution in [0, 0.1) is 5.82 Å². The van der Waals surface area contributed by atoms with Crippen LogP contribution < -0.4 is 0 Å². The van der Waals surface area contributed by atoms with Crippen LogP contribution in [0.4, 0.5) is 4.39 Å². The van der Waals surface area contributed by atoms with Gasteiger partial charge in [0.25, 0.3) is 0 Å². The van der Waals surface area contributed by atoms with Gasteiger partial charge in [-0.2, -0.15) is 0 Å². The van der Waals surface area contributed by atoms with Crippen LogP contribution >= 0.6 is 0 Å². The third kappa shape index (κ3) is 3.05. The number of benzene rings is 2. The third-order valence-corrected chi connectivity index (χ3v) is 2.66. The fraction of sp³-hybridized carbons (Fsp3) is 0.125. The lowest BCUT2D eigenvalue weighted by molar-refractivity contribution is 0.245. The van der Waals surface area contributed by atoms with Crippen LogP contribution in [0.15, 0.2) is 54.6 Å². The first-order chi connectivity index (χ1) is 8.66. The second-order valence-electron chi connectivity index (χ2n) is 4.20. The van der Waals surface area contributed by atoms with Crippen LogP contribution in [0.1, 0.15) is 12.5 Å². The number of hydrogen-bond donors (Lipinski definition) is 1. The Morgan fingerprint density at radius 1 is 1.06 bits per heavy atom. The molecule has 2 rings (SSSR count). The van der Waals surface area contributed by atoms with Crippen molar-refractivity contribution >= 4 is 6.08 Å². The summed E-state index contributed by atoms with van der Waals surface area (Å²) in [6.07, 6.45) is 3.09. The number of aliphatic hydroxyl groups is 1. The SMILES string of the molecule is CC(O)/C=C/c1ccc(-c2ccccc2F)cc1. The number of hydrogen-bond acceptors (Lipinski definition) is 1. The van der Waals surface area contributed by atoms with Crippen molar-refractivity contribution in [3.8, 4) is 11.1 Å². The molecule has 1 unspecified atom stereocenters. The lowest BCUT2D eigenvalue weighted by atomic mass is 10.0. The molecule has 0 amide bonds. The smallest absolute Gasteiger partial charge is 0.131 e. The highest BCUT2D eigenvalue weighted by molar-refractivity contribution is 5.66. The van der Waals surface area contributed by atoms with Crippen LogP contribution in [-0.4, -0.2) is 11.2 Å². The summed E-state index contributed by atoms with van der Waals surface area (Å²) in [5.74, 6) is -0.218. The Balaban J connectivity index is 2.25. The van der Waals surface area contributed by atoms with Crippen LogP contribution in [-0.2, 0) is 0 Å². The molecule has 1 N–H and O–H groups in total. The van der Waals surface area contributed by atoms with Gasteiger partial charge in [0.2, 0.25) is 0 Å². The van der Waals surface area contributed by atoms with Crippen molar-refractivity contribution in [2.75, 3.05) is 0 Å². The Kier molecular flexibility index (Phi) is 3.90. The minimum atomic E-state index is -0.462. The van der Waals surface area contributed by atoms with Crippen LogP contribution in [0.25, 0.3) is 17.2 Å². The first-order valence-corrected chi connectivity index (χ1v) is 5.88. The van der Waals surface area contributed by atoms with E-state index in [-0.39, 0.29) is 5.82 Å². The Hall–Kier alpha value is -1.93. The van der Waals surface area contributed by atoms with Crippen LogP contribution in [0.2, 0.25) is 0 Å². The van der Waals surface area contributed by atoms with E-state index >= 15 is 0 Å². The molecule has 0 aromatic heterocycles. The zero-order valence-electron chi connectivity index (χ0n) is 10.2. The van der Waals surface area contributed by atoms with Gasteiger partial charge in [0.1, 0.15) is 5.82 Å². The summed E-state index contributed by atoms with van der Waals surface area (Å²) in [6.45, 7) is 1.70. The first kappa shape index (κ1) is 12.5. The van der Waals surface area contributed by atoms with Crippen molar-refractivity contribution < 1.29 is 9.50 Å². The van der Waals surface area contributed by atoms with E-state index in [1.54, 1.807) is 25.1 Å². The van der Waals surface area contributed by atoms with E-state index in [1.165, 1.54) is 6.07 Å². The van der Waals surface area contributed by atoms with Gasteiger partial charge in [0, 0.05) is 5.56 Å². The number of aliphatic hydroxyl groups excluding tert-OH is 1. The minimum absolute atomic E-state index is 0.218. The fourth-order valence-corrected chi connectivity index (χ4v) is 1.72. The van der Waals surface area contributed by atoms with Crippen molar-refractivity contribution in [1.82, 2.24) is 0 Å². The van der Waals surface area contributed by atoms with E-state index in [1.807, 2.05) is 36.4 Å². The summed E-state index contributed by atoms with van der Waals surface area (Å²) >= 11 is 0. The molecule has 18 heavy (non-hydrogen) atoms. The monoisotopic (exact) mass is 242 g/mol. The highest BCUT2D eigenvalue weighted by atomic mass is 19.1. The van der Waals surface area contributed by atoms with Gasteiger partial charge in [-0.1, -0.05) is 54.6 Å². The molecule has 1 nitrogen and oxygen atoms in total. The highest BCUT2D eigenvalue weighted by Gasteiger charge is 2.02. The van der Waals surface area contributed by atoms with Gasteiger partial charge in [-0.3, -0.25) is 0 Å². The molecule has 0 spiro atoms. The molecular formula is C16H15FO. The van der Waals surface area contributed by atoms with E-state index in [9.17, 15) is 4.39 Å². The Labute approximate surface area is 106 Å². The molecular weight excluding hydrogens is 227 g/mol. The van der Waals surface area contributed by atoms with Crippen molar-refractivity contribution in [2.24, 2.45) is 0 Å². The maximum absolute atomic E-state index is 13.6. The molecule has 0 aliphatic rings. The summed E-state index contributed by atoms with van der Waals surface area (Å²) < 4.78 is 13.6. The maximum atomic E-state index is 13.6. The maximum Gasteiger partial charge on any atom is 0.131 e. The predicted molar refractivity (Wildman–Crippen MR) is 72.6 cm³/mol. The van der Waals surface area contributed by atoms with E-state index < -0.39 is 6.10 Å². The summed E-state index contributed by atoms with van der Waals surface area (Å²) in [5, 5.41) is 9.15. The topological polar surface area (TPSA) is 20.2 Å². The van der Waals surface area contributed by atoms with E-state index in [0.29, 0.717) is 5.56 Å². The van der Waals surface area contributed by atoms with Gasteiger partial charge in [0.05, 0.1) is 6.10 Å². The second-order valence-corrected chi connectivity index (χ2v) is 4.20. The average Bonchev–Trinajstić information content (AvgIpc) is 2.38. The van der Waals surface area contributed by atoms with E-state index in [4.69, 9.17) is 5.11 Å². The largest absolute Gasteiger partial charge is 0.389 e. The minimum Gasteiger partial charge on any atom is -0.389 e. The van der Waals surface area contributed by atoms with Gasteiger partial charge in [0.15, 0.2) is 0 Å². The predicted octanol–water partition coefficient (Wildman–Crippen LogP) is 3.89. The average molecular weight is 242 g/mol. The van der Waals surface area contributed by atoms with Crippen molar-refractivity contribution in [3.05, 3.63) is 66.0 Å². The van der Waals surface area contributed by atoms with Gasteiger partial charge >= 0.3 is 0 Å². The van der Waals surface area contributed by atoms with Crippen LogP contribution in [0.5, 0.6) is 0 Å². The summed E-state index contributed by atoms with van der Waals surface area (Å²) in [6, 6.07) is 14.3. The molecule has 0 saturated heterocycles. The molecule has 0 radical (unpaired) electrons. The molecule has 2 aromatic rings. The van der Waals surface area contributed by atoms with Crippen molar-refractivity contribution in [1.29, 1.82) is 0 Å². The summed E-state index contributed by atoms with van der Waals surface area (Å²) in [4.78, 5) is 0. The van der Waals surface area contributed by atoms with E-state index in [2.05, 4.69) is 0 Å². The Morgan fingerprint density at radius 2 is 1.72 bits per heavy atom. The molecule has 1 atom stereocenters. The van der Waals surface area contributed by atoms with E-state index in [0.717, 1.165) is 11.1 Å². The lowest BCUT2D eigenvalue weighted by Gasteiger charge is -2.03.